The Balaban J connectivity index is 2.36. The van der Waals surface area contributed by atoms with Crippen molar-refractivity contribution in [2.24, 2.45) is 11.5 Å². The second-order valence-electron chi connectivity index (χ2n) is 3.68. The molecule has 0 amide bonds. The van der Waals surface area contributed by atoms with E-state index < -0.39 is 18.0 Å². The minimum Gasteiger partial charge on any atom is -0.330 e. The molecule has 0 heterocycles. The highest BCUT2D eigenvalue weighted by atomic mass is 17.2. The fraction of sp³-hybridized carbons (Fsp3) is 0.333. The van der Waals surface area contributed by atoms with E-state index in [-0.39, 0.29) is 0 Å². The molecule has 1 atom stereocenters. The number of benzene rings is 1. The summed E-state index contributed by atoms with van der Waals surface area (Å²) in [5, 5.41) is 0. The third-order valence-electron chi connectivity index (χ3n) is 2.23. The first-order valence-corrected chi connectivity index (χ1v) is 5.58. The van der Waals surface area contributed by atoms with Gasteiger partial charge in [0.2, 0.25) is 0 Å². The standard InChI is InChI=1S/C12H16N2O4/c13-8-4-7-10(14)12(16)18-17-11(15)9-5-2-1-3-6-9/h1-3,5-6,10H,4,7-8,13-14H2. The van der Waals surface area contributed by atoms with E-state index in [0.717, 1.165) is 0 Å². The number of hydrogen-bond donors (Lipinski definition) is 2. The predicted octanol–water partition coefficient (Wildman–Crippen LogP) is 0.368. The predicted molar refractivity (Wildman–Crippen MR) is 64.2 cm³/mol. The zero-order chi connectivity index (χ0) is 13.4. The van der Waals surface area contributed by atoms with Crippen LogP contribution in [0, 0.1) is 0 Å². The lowest BCUT2D eigenvalue weighted by atomic mass is 10.2. The highest BCUT2D eigenvalue weighted by Gasteiger charge is 2.18. The summed E-state index contributed by atoms with van der Waals surface area (Å²) in [7, 11) is 0. The van der Waals surface area contributed by atoms with Gasteiger partial charge < -0.3 is 11.5 Å². The Morgan fingerprint density at radius 1 is 1.17 bits per heavy atom. The molecular weight excluding hydrogens is 236 g/mol. The van der Waals surface area contributed by atoms with Crippen molar-refractivity contribution in [3.63, 3.8) is 0 Å². The van der Waals surface area contributed by atoms with E-state index in [4.69, 9.17) is 11.5 Å². The summed E-state index contributed by atoms with van der Waals surface area (Å²) in [6.45, 7) is 0.435. The maximum Gasteiger partial charge on any atom is 0.386 e. The van der Waals surface area contributed by atoms with Crippen molar-refractivity contribution in [3.8, 4) is 0 Å². The molecule has 1 aromatic carbocycles. The molecule has 6 nitrogen and oxygen atoms in total. The van der Waals surface area contributed by atoms with Crippen LogP contribution in [-0.4, -0.2) is 24.5 Å². The smallest absolute Gasteiger partial charge is 0.330 e. The Morgan fingerprint density at radius 3 is 2.44 bits per heavy atom. The largest absolute Gasteiger partial charge is 0.386 e. The van der Waals surface area contributed by atoms with Crippen molar-refractivity contribution < 1.29 is 19.4 Å². The van der Waals surface area contributed by atoms with E-state index in [1.54, 1.807) is 30.3 Å². The lowest BCUT2D eigenvalue weighted by Gasteiger charge is -2.08. The van der Waals surface area contributed by atoms with Gasteiger partial charge >= 0.3 is 11.9 Å². The van der Waals surface area contributed by atoms with Gasteiger partial charge in [-0.15, -0.1) is 0 Å². The number of carbonyl (C=O) groups is 2. The van der Waals surface area contributed by atoms with E-state index in [1.165, 1.54) is 0 Å². The molecule has 0 aliphatic rings. The van der Waals surface area contributed by atoms with Gasteiger partial charge in [0.25, 0.3) is 0 Å². The first kappa shape index (κ1) is 14.1. The molecule has 0 aliphatic heterocycles. The topological polar surface area (TPSA) is 105 Å². The van der Waals surface area contributed by atoms with Gasteiger partial charge in [0.15, 0.2) is 0 Å². The fourth-order valence-electron chi connectivity index (χ4n) is 1.22. The number of rotatable bonds is 5. The molecule has 0 aliphatic carbocycles. The molecule has 98 valence electrons. The molecule has 18 heavy (non-hydrogen) atoms. The van der Waals surface area contributed by atoms with Crippen molar-refractivity contribution >= 4 is 11.9 Å². The molecule has 0 saturated carbocycles. The van der Waals surface area contributed by atoms with E-state index in [2.05, 4.69) is 9.78 Å². The van der Waals surface area contributed by atoms with Crippen LogP contribution in [0.3, 0.4) is 0 Å². The van der Waals surface area contributed by atoms with Crippen molar-refractivity contribution in [1.82, 2.24) is 0 Å². The lowest BCUT2D eigenvalue weighted by molar-refractivity contribution is -0.235. The van der Waals surface area contributed by atoms with Crippen molar-refractivity contribution in [1.29, 1.82) is 0 Å². The molecule has 0 saturated heterocycles. The molecular formula is C12H16N2O4. The summed E-state index contributed by atoms with van der Waals surface area (Å²) in [4.78, 5) is 31.5. The molecule has 1 aromatic rings. The molecule has 4 N–H and O–H groups in total. The normalized spacial score (nSPS) is 11.7. The van der Waals surface area contributed by atoms with Gasteiger partial charge in [-0.1, -0.05) is 18.2 Å². The second-order valence-corrected chi connectivity index (χ2v) is 3.68. The van der Waals surface area contributed by atoms with Crippen LogP contribution < -0.4 is 11.5 Å². The van der Waals surface area contributed by atoms with Crippen LogP contribution in [0.25, 0.3) is 0 Å². The minimum atomic E-state index is -0.836. The Bertz CT molecular complexity index is 394. The Morgan fingerprint density at radius 2 is 1.83 bits per heavy atom. The van der Waals surface area contributed by atoms with Crippen LogP contribution in [0.2, 0.25) is 0 Å². The summed E-state index contributed by atoms with van der Waals surface area (Å²) in [6, 6.07) is 7.36. The minimum absolute atomic E-state index is 0.292. The SMILES string of the molecule is NCCCC(N)C(=O)OOC(=O)c1ccccc1. The summed E-state index contributed by atoms with van der Waals surface area (Å²) in [5.74, 6) is -1.53. The van der Waals surface area contributed by atoms with Crippen molar-refractivity contribution in [2.75, 3.05) is 6.54 Å². The first-order valence-electron chi connectivity index (χ1n) is 5.58. The third kappa shape index (κ3) is 4.52. The van der Waals surface area contributed by atoms with Gasteiger partial charge in [-0.25, -0.2) is 19.4 Å². The first-order chi connectivity index (χ1) is 8.65. The third-order valence-corrected chi connectivity index (χ3v) is 2.23. The molecule has 0 aromatic heterocycles. The highest BCUT2D eigenvalue weighted by Crippen LogP contribution is 2.03. The maximum absolute atomic E-state index is 11.4. The van der Waals surface area contributed by atoms with Gasteiger partial charge in [0.05, 0.1) is 5.56 Å². The van der Waals surface area contributed by atoms with Crippen molar-refractivity contribution in [2.45, 2.75) is 18.9 Å². The van der Waals surface area contributed by atoms with Gasteiger partial charge in [-0.3, -0.25) is 0 Å². The zero-order valence-corrected chi connectivity index (χ0v) is 9.87. The van der Waals surface area contributed by atoms with E-state index in [9.17, 15) is 9.59 Å². The Labute approximate surface area is 105 Å². The average molecular weight is 252 g/mol. The number of carbonyl (C=O) groups excluding carboxylic acids is 2. The van der Waals surface area contributed by atoms with Gasteiger partial charge in [0, 0.05) is 0 Å². The van der Waals surface area contributed by atoms with Gasteiger partial charge in [-0.2, -0.15) is 0 Å². The van der Waals surface area contributed by atoms with Gasteiger partial charge in [-0.05, 0) is 31.5 Å². The Kier molecular flexibility index (Phi) is 5.83. The highest BCUT2D eigenvalue weighted by molar-refractivity contribution is 5.89. The zero-order valence-electron chi connectivity index (χ0n) is 9.87. The second kappa shape index (κ2) is 7.41. The monoisotopic (exact) mass is 252 g/mol. The number of nitrogens with two attached hydrogens (primary N) is 2. The van der Waals surface area contributed by atoms with E-state index in [1.807, 2.05) is 0 Å². The molecule has 6 heteroatoms. The molecule has 1 rings (SSSR count). The summed E-state index contributed by atoms with van der Waals surface area (Å²) >= 11 is 0. The molecule has 0 radical (unpaired) electrons. The van der Waals surface area contributed by atoms with Crippen LogP contribution in [0.15, 0.2) is 30.3 Å². The number of hydrogen-bond acceptors (Lipinski definition) is 6. The Hall–Kier alpha value is -1.92. The summed E-state index contributed by atoms with van der Waals surface area (Å²) in [5.41, 5.74) is 11.1. The van der Waals surface area contributed by atoms with E-state index in [0.29, 0.717) is 24.9 Å². The summed E-state index contributed by atoms with van der Waals surface area (Å²) < 4.78 is 0. The molecule has 0 fully saturated rings. The molecule has 1 unspecified atom stereocenters. The average Bonchev–Trinajstić information content (AvgIpc) is 2.42. The quantitative estimate of drug-likeness (QED) is 0.579. The van der Waals surface area contributed by atoms with Crippen LogP contribution in [-0.2, 0) is 14.6 Å². The fourth-order valence-corrected chi connectivity index (χ4v) is 1.22. The van der Waals surface area contributed by atoms with Crippen LogP contribution in [0.5, 0.6) is 0 Å². The molecule has 0 spiro atoms. The maximum atomic E-state index is 11.4. The van der Waals surface area contributed by atoms with Crippen LogP contribution in [0.4, 0.5) is 0 Å². The van der Waals surface area contributed by atoms with Crippen LogP contribution in [0.1, 0.15) is 23.2 Å². The van der Waals surface area contributed by atoms with E-state index >= 15 is 0 Å². The van der Waals surface area contributed by atoms with Crippen molar-refractivity contribution in [3.05, 3.63) is 35.9 Å². The van der Waals surface area contributed by atoms with Crippen LogP contribution >= 0.6 is 0 Å². The lowest BCUT2D eigenvalue weighted by Crippen LogP contribution is -2.33. The summed E-state index contributed by atoms with van der Waals surface area (Å²) in [6.07, 6.45) is 0.987. The van der Waals surface area contributed by atoms with Gasteiger partial charge in [0.1, 0.15) is 6.04 Å². The molecule has 0 bridgehead atoms.